The summed E-state index contributed by atoms with van der Waals surface area (Å²) in [4.78, 5) is 14.0. The van der Waals surface area contributed by atoms with Crippen LogP contribution in [-0.4, -0.2) is 36.1 Å². The second-order valence-corrected chi connectivity index (χ2v) is 5.10. The van der Waals surface area contributed by atoms with Gasteiger partial charge in [0.2, 0.25) is 5.91 Å². The fourth-order valence-electron chi connectivity index (χ4n) is 2.32. The van der Waals surface area contributed by atoms with E-state index in [2.05, 4.69) is 18.7 Å². The minimum Gasteiger partial charge on any atom is -0.371 e. The highest BCUT2D eigenvalue weighted by Crippen LogP contribution is 2.29. The molecule has 3 heteroatoms. The van der Waals surface area contributed by atoms with E-state index in [0.29, 0.717) is 30.4 Å². The Morgan fingerprint density at radius 3 is 2.87 bits per heavy atom. The summed E-state index contributed by atoms with van der Waals surface area (Å²) in [6, 6.07) is 0.393. The number of carbonyl (C=O) groups is 1. The van der Waals surface area contributed by atoms with Crippen LogP contribution in [-0.2, 0) is 9.53 Å². The van der Waals surface area contributed by atoms with Crippen molar-refractivity contribution in [3.8, 4) is 0 Å². The molecule has 2 rings (SSSR count). The van der Waals surface area contributed by atoms with Gasteiger partial charge in [-0.2, -0.15) is 0 Å². The Morgan fingerprint density at radius 1 is 1.53 bits per heavy atom. The summed E-state index contributed by atoms with van der Waals surface area (Å²) in [6.45, 7) is 6.14. The van der Waals surface area contributed by atoms with E-state index in [9.17, 15) is 4.79 Å². The fourth-order valence-corrected chi connectivity index (χ4v) is 2.32. The predicted molar refractivity (Wildman–Crippen MR) is 58.5 cm³/mol. The molecule has 2 saturated heterocycles. The van der Waals surface area contributed by atoms with Crippen LogP contribution in [0, 0.1) is 5.92 Å². The quantitative estimate of drug-likeness (QED) is 0.664. The van der Waals surface area contributed by atoms with E-state index in [-0.39, 0.29) is 0 Å². The van der Waals surface area contributed by atoms with Gasteiger partial charge in [-0.05, 0) is 25.2 Å². The molecule has 2 heterocycles. The van der Waals surface area contributed by atoms with Crippen molar-refractivity contribution in [1.29, 1.82) is 0 Å². The molecule has 1 amide bonds. The van der Waals surface area contributed by atoms with E-state index < -0.39 is 0 Å². The molecule has 15 heavy (non-hydrogen) atoms. The smallest absolute Gasteiger partial charge is 0.222 e. The van der Waals surface area contributed by atoms with Gasteiger partial charge in [0.15, 0.2) is 0 Å². The van der Waals surface area contributed by atoms with Gasteiger partial charge < -0.3 is 9.64 Å². The lowest BCUT2D eigenvalue weighted by atomic mass is 10.1. The van der Waals surface area contributed by atoms with E-state index in [1.807, 2.05) is 0 Å². The maximum absolute atomic E-state index is 12.0. The predicted octanol–water partition coefficient (Wildman–Crippen LogP) is 1.81. The van der Waals surface area contributed by atoms with Crippen LogP contribution in [0.25, 0.3) is 0 Å². The van der Waals surface area contributed by atoms with Crippen molar-refractivity contribution in [3.05, 3.63) is 0 Å². The molecule has 0 aromatic heterocycles. The summed E-state index contributed by atoms with van der Waals surface area (Å²) in [5.41, 5.74) is 0. The van der Waals surface area contributed by atoms with Crippen molar-refractivity contribution in [2.45, 2.75) is 51.7 Å². The normalized spacial score (nSPS) is 29.9. The number of epoxide rings is 1. The molecule has 0 aromatic carbocycles. The lowest BCUT2D eigenvalue weighted by Crippen LogP contribution is -2.38. The van der Waals surface area contributed by atoms with Gasteiger partial charge in [0.1, 0.15) is 6.10 Å². The molecule has 0 bridgehead atoms. The average Bonchev–Trinajstić information content (AvgIpc) is 2.93. The number of carbonyl (C=O) groups excluding carboxylic acids is 1. The minimum atomic E-state index is 0.335. The number of amides is 1. The Hall–Kier alpha value is -0.570. The van der Waals surface area contributed by atoms with Crippen LogP contribution in [0.4, 0.5) is 0 Å². The molecule has 2 fully saturated rings. The Balaban J connectivity index is 1.82. The number of likely N-dealkylation sites (tertiary alicyclic amines) is 1. The van der Waals surface area contributed by atoms with Crippen molar-refractivity contribution >= 4 is 5.91 Å². The van der Waals surface area contributed by atoms with Gasteiger partial charge in [-0.3, -0.25) is 4.79 Å². The summed E-state index contributed by atoms with van der Waals surface area (Å²) >= 11 is 0. The zero-order chi connectivity index (χ0) is 10.8. The van der Waals surface area contributed by atoms with E-state index in [1.165, 1.54) is 0 Å². The van der Waals surface area contributed by atoms with Crippen molar-refractivity contribution in [3.63, 3.8) is 0 Å². The first kappa shape index (κ1) is 10.9. The van der Waals surface area contributed by atoms with E-state index >= 15 is 0 Å². The molecule has 0 aromatic rings. The number of rotatable bonds is 4. The lowest BCUT2D eigenvalue weighted by Gasteiger charge is -2.23. The number of hydrogen-bond acceptors (Lipinski definition) is 2. The third kappa shape index (κ3) is 2.71. The highest BCUT2D eigenvalue weighted by Gasteiger charge is 2.41. The SMILES string of the molecule is CC(C)CCC(=O)N1CCCC1C1CO1. The molecule has 2 aliphatic rings. The molecule has 2 aliphatic heterocycles. The molecule has 0 N–H and O–H groups in total. The zero-order valence-electron chi connectivity index (χ0n) is 9.74. The first-order valence-corrected chi connectivity index (χ1v) is 6.09. The topological polar surface area (TPSA) is 32.8 Å². The monoisotopic (exact) mass is 211 g/mol. The summed E-state index contributed by atoms with van der Waals surface area (Å²) in [5, 5.41) is 0. The average molecular weight is 211 g/mol. The Morgan fingerprint density at radius 2 is 2.27 bits per heavy atom. The number of hydrogen-bond donors (Lipinski definition) is 0. The maximum Gasteiger partial charge on any atom is 0.222 e. The summed E-state index contributed by atoms with van der Waals surface area (Å²) in [5.74, 6) is 0.953. The van der Waals surface area contributed by atoms with Gasteiger partial charge in [-0.15, -0.1) is 0 Å². The third-order valence-electron chi connectivity index (χ3n) is 3.34. The first-order chi connectivity index (χ1) is 7.18. The Bertz CT molecular complexity index is 236. The lowest BCUT2D eigenvalue weighted by molar-refractivity contribution is -0.132. The van der Waals surface area contributed by atoms with Crippen LogP contribution in [0.5, 0.6) is 0 Å². The van der Waals surface area contributed by atoms with Gasteiger partial charge in [0.05, 0.1) is 12.6 Å². The second-order valence-electron chi connectivity index (χ2n) is 5.10. The van der Waals surface area contributed by atoms with Gasteiger partial charge in [0.25, 0.3) is 0 Å². The van der Waals surface area contributed by atoms with Crippen molar-refractivity contribution in [2.24, 2.45) is 5.92 Å². The van der Waals surface area contributed by atoms with Gasteiger partial charge in [-0.1, -0.05) is 13.8 Å². The number of ether oxygens (including phenoxy) is 1. The number of nitrogens with zero attached hydrogens (tertiary/aromatic N) is 1. The molecule has 0 spiro atoms. The molecule has 0 saturated carbocycles. The second kappa shape index (κ2) is 4.52. The third-order valence-corrected chi connectivity index (χ3v) is 3.34. The van der Waals surface area contributed by atoms with Crippen LogP contribution < -0.4 is 0 Å². The fraction of sp³-hybridized carbons (Fsp3) is 0.917. The van der Waals surface area contributed by atoms with Crippen molar-refractivity contribution < 1.29 is 9.53 Å². The van der Waals surface area contributed by atoms with Crippen molar-refractivity contribution in [2.75, 3.05) is 13.2 Å². The van der Waals surface area contributed by atoms with E-state index in [4.69, 9.17) is 4.74 Å². The molecule has 2 atom stereocenters. The maximum atomic E-state index is 12.0. The molecule has 0 radical (unpaired) electrons. The van der Waals surface area contributed by atoms with Crippen LogP contribution in [0.3, 0.4) is 0 Å². The first-order valence-electron chi connectivity index (χ1n) is 6.09. The molecular formula is C12H21NO2. The van der Waals surface area contributed by atoms with Crippen LogP contribution >= 0.6 is 0 Å². The molecule has 3 nitrogen and oxygen atoms in total. The molecule has 86 valence electrons. The largest absolute Gasteiger partial charge is 0.371 e. The van der Waals surface area contributed by atoms with Crippen LogP contribution in [0.15, 0.2) is 0 Å². The van der Waals surface area contributed by atoms with Crippen molar-refractivity contribution in [1.82, 2.24) is 4.90 Å². The van der Waals surface area contributed by atoms with Gasteiger partial charge >= 0.3 is 0 Å². The molecule has 2 unspecified atom stereocenters. The van der Waals surface area contributed by atoms with Gasteiger partial charge in [-0.25, -0.2) is 0 Å². The highest BCUT2D eigenvalue weighted by atomic mass is 16.6. The minimum absolute atomic E-state index is 0.335. The standard InChI is InChI=1S/C12H21NO2/c1-9(2)5-6-12(14)13-7-3-4-10(13)11-8-15-11/h9-11H,3-8H2,1-2H3. The Kier molecular flexibility index (Phi) is 3.29. The summed E-state index contributed by atoms with van der Waals surface area (Å²) < 4.78 is 5.30. The highest BCUT2D eigenvalue weighted by molar-refractivity contribution is 5.76. The molecular weight excluding hydrogens is 190 g/mol. The molecule has 0 aliphatic carbocycles. The van der Waals surface area contributed by atoms with Crippen LogP contribution in [0.2, 0.25) is 0 Å². The zero-order valence-corrected chi connectivity index (χ0v) is 9.74. The summed E-state index contributed by atoms with van der Waals surface area (Å²) in [7, 11) is 0. The van der Waals surface area contributed by atoms with Gasteiger partial charge in [0, 0.05) is 13.0 Å². The van der Waals surface area contributed by atoms with Crippen LogP contribution in [0.1, 0.15) is 39.5 Å². The van der Waals surface area contributed by atoms with E-state index in [1.54, 1.807) is 0 Å². The van der Waals surface area contributed by atoms with E-state index in [0.717, 1.165) is 32.4 Å². The Labute approximate surface area is 91.8 Å². The summed E-state index contributed by atoms with van der Waals surface area (Å²) in [6.07, 6.45) is 4.36.